The van der Waals surface area contributed by atoms with Crippen LogP contribution in [-0.2, 0) is 14.4 Å². The van der Waals surface area contributed by atoms with Gasteiger partial charge in [0.1, 0.15) is 6.04 Å². The Balaban J connectivity index is 1.79. The molecule has 0 aliphatic carbocycles. The minimum atomic E-state index is -0.606. The number of hydrogen-bond donors (Lipinski definition) is 2. The SMILES string of the molecule is O=C1CCC(NC(=O)CSc2ccc(Br)cc2)C(=O)N1. The normalized spacial score (nSPS) is 18.6. The molecule has 5 nitrogen and oxygen atoms in total. The van der Waals surface area contributed by atoms with E-state index in [1.54, 1.807) is 0 Å². The molecule has 0 aromatic heterocycles. The lowest BCUT2D eigenvalue weighted by Gasteiger charge is -2.21. The highest BCUT2D eigenvalue weighted by Crippen LogP contribution is 2.20. The second-order valence-corrected chi connectivity index (χ2v) is 6.28. The van der Waals surface area contributed by atoms with E-state index >= 15 is 0 Å². The van der Waals surface area contributed by atoms with Gasteiger partial charge in [0.05, 0.1) is 5.75 Å². The molecule has 7 heteroatoms. The van der Waals surface area contributed by atoms with Gasteiger partial charge in [-0.15, -0.1) is 11.8 Å². The van der Waals surface area contributed by atoms with Crippen LogP contribution in [0.25, 0.3) is 0 Å². The van der Waals surface area contributed by atoms with Crippen LogP contribution in [0.4, 0.5) is 0 Å². The topological polar surface area (TPSA) is 75.3 Å². The fourth-order valence-electron chi connectivity index (χ4n) is 1.75. The molecule has 1 aromatic carbocycles. The quantitative estimate of drug-likeness (QED) is 0.632. The zero-order valence-corrected chi connectivity index (χ0v) is 12.9. The van der Waals surface area contributed by atoms with Crippen molar-refractivity contribution in [1.82, 2.24) is 10.6 Å². The first-order valence-corrected chi connectivity index (χ1v) is 7.84. The van der Waals surface area contributed by atoms with Gasteiger partial charge in [-0.3, -0.25) is 19.7 Å². The minimum Gasteiger partial charge on any atom is -0.344 e. The Morgan fingerprint density at radius 1 is 1.35 bits per heavy atom. The number of nitrogens with one attached hydrogen (secondary N) is 2. The predicted octanol–water partition coefficient (Wildman–Crippen LogP) is 1.46. The number of amides is 3. The molecule has 1 unspecified atom stereocenters. The summed E-state index contributed by atoms with van der Waals surface area (Å²) in [5.41, 5.74) is 0. The average Bonchev–Trinajstić information content (AvgIpc) is 2.41. The van der Waals surface area contributed by atoms with E-state index in [2.05, 4.69) is 26.6 Å². The third-order valence-corrected chi connectivity index (χ3v) is 4.30. The number of benzene rings is 1. The van der Waals surface area contributed by atoms with Crippen molar-refractivity contribution in [3.8, 4) is 0 Å². The van der Waals surface area contributed by atoms with Gasteiger partial charge in [0.15, 0.2) is 0 Å². The van der Waals surface area contributed by atoms with Crippen molar-refractivity contribution in [2.75, 3.05) is 5.75 Å². The molecular formula is C13H13BrN2O3S. The van der Waals surface area contributed by atoms with E-state index in [1.165, 1.54) is 11.8 Å². The van der Waals surface area contributed by atoms with Crippen LogP contribution in [0.2, 0.25) is 0 Å². The second kappa shape index (κ2) is 6.90. The van der Waals surface area contributed by atoms with Crippen LogP contribution in [-0.4, -0.2) is 29.5 Å². The molecule has 1 aromatic rings. The van der Waals surface area contributed by atoms with Crippen molar-refractivity contribution in [3.05, 3.63) is 28.7 Å². The van der Waals surface area contributed by atoms with E-state index in [9.17, 15) is 14.4 Å². The maximum absolute atomic E-state index is 11.8. The van der Waals surface area contributed by atoms with Gasteiger partial charge in [0, 0.05) is 15.8 Å². The molecule has 1 atom stereocenters. The van der Waals surface area contributed by atoms with Crippen molar-refractivity contribution in [1.29, 1.82) is 0 Å². The number of halogens is 1. The van der Waals surface area contributed by atoms with Crippen LogP contribution in [0.5, 0.6) is 0 Å². The highest BCUT2D eigenvalue weighted by atomic mass is 79.9. The van der Waals surface area contributed by atoms with Crippen molar-refractivity contribution in [3.63, 3.8) is 0 Å². The molecule has 0 radical (unpaired) electrons. The number of thioether (sulfide) groups is 1. The van der Waals surface area contributed by atoms with E-state index < -0.39 is 11.9 Å². The molecular weight excluding hydrogens is 344 g/mol. The van der Waals surface area contributed by atoms with Gasteiger partial charge in [0.25, 0.3) is 0 Å². The van der Waals surface area contributed by atoms with Gasteiger partial charge in [0.2, 0.25) is 17.7 Å². The van der Waals surface area contributed by atoms with E-state index in [0.717, 1.165) is 9.37 Å². The second-order valence-electron chi connectivity index (χ2n) is 4.31. The minimum absolute atomic E-state index is 0.215. The summed E-state index contributed by atoms with van der Waals surface area (Å²) >= 11 is 4.74. The van der Waals surface area contributed by atoms with Gasteiger partial charge >= 0.3 is 0 Å². The van der Waals surface area contributed by atoms with E-state index in [4.69, 9.17) is 0 Å². The maximum atomic E-state index is 11.8. The molecule has 3 amide bonds. The van der Waals surface area contributed by atoms with Crippen LogP contribution >= 0.6 is 27.7 Å². The first kappa shape index (κ1) is 15.1. The molecule has 0 saturated carbocycles. The third kappa shape index (κ3) is 4.35. The Morgan fingerprint density at radius 2 is 2.05 bits per heavy atom. The highest BCUT2D eigenvalue weighted by molar-refractivity contribution is 9.10. The summed E-state index contributed by atoms with van der Waals surface area (Å²) in [5.74, 6) is -0.695. The number of carbonyl (C=O) groups excluding carboxylic acids is 3. The lowest BCUT2D eigenvalue weighted by Crippen LogP contribution is -2.52. The molecule has 1 saturated heterocycles. The molecule has 1 fully saturated rings. The lowest BCUT2D eigenvalue weighted by atomic mass is 10.1. The monoisotopic (exact) mass is 356 g/mol. The lowest BCUT2D eigenvalue weighted by molar-refractivity contribution is -0.136. The highest BCUT2D eigenvalue weighted by Gasteiger charge is 2.27. The molecule has 1 aliphatic rings. The van der Waals surface area contributed by atoms with Crippen LogP contribution in [0.1, 0.15) is 12.8 Å². The molecule has 1 heterocycles. The van der Waals surface area contributed by atoms with Crippen LogP contribution < -0.4 is 10.6 Å². The zero-order chi connectivity index (χ0) is 14.5. The fraction of sp³-hybridized carbons (Fsp3) is 0.308. The standard InChI is InChI=1S/C13H13BrN2O3S/c14-8-1-3-9(4-2-8)20-7-12(18)15-10-5-6-11(17)16-13(10)19/h1-4,10H,5-7H2,(H,15,18)(H,16,17,19). The van der Waals surface area contributed by atoms with Crippen molar-refractivity contribution < 1.29 is 14.4 Å². The van der Waals surface area contributed by atoms with Gasteiger partial charge in [-0.1, -0.05) is 15.9 Å². The zero-order valence-electron chi connectivity index (χ0n) is 10.5. The smallest absolute Gasteiger partial charge is 0.249 e. The van der Waals surface area contributed by atoms with E-state index in [-0.39, 0.29) is 24.0 Å². The Bertz CT molecular complexity index is 533. The Kier molecular flexibility index (Phi) is 5.19. The summed E-state index contributed by atoms with van der Waals surface area (Å²) in [7, 11) is 0. The molecule has 1 aliphatic heterocycles. The summed E-state index contributed by atoms with van der Waals surface area (Å²) in [6, 6.07) is 7.02. The van der Waals surface area contributed by atoms with Gasteiger partial charge in [-0.2, -0.15) is 0 Å². The molecule has 2 rings (SSSR count). The van der Waals surface area contributed by atoms with Crippen molar-refractivity contribution >= 4 is 45.4 Å². The number of imide groups is 1. The van der Waals surface area contributed by atoms with Gasteiger partial charge in [-0.25, -0.2) is 0 Å². The van der Waals surface area contributed by atoms with E-state index in [1.807, 2.05) is 24.3 Å². The average molecular weight is 357 g/mol. The number of piperidine rings is 1. The molecule has 0 bridgehead atoms. The molecule has 20 heavy (non-hydrogen) atoms. The number of hydrogen-bond acceptors (Lipinski definition) is 4. The van der Waals surface area contributed by atoms with Crippen molar-refractivity contribution in [2.24, 2.45) is 0 Å². The summed E-state index contributed by atoms with van der Waals surface area (Å²) in [5, 5.41) is 4.85. The third-order valence-electron chi connectivity index (χ3n) is 2.76. The van der Waals surface area contributed by atoms with E-state index in [0.29, 0.717) is 6.42 Å². The predicted molar refractivity (Wildman–Crippen MR) is 79.2 cm³/mol. The summed E-state index contributed by atoms with van der Waals surface area (Å²) < 4.78 is 0.981. The Hall–Kier alpha value is -1.34. The maximum Gasteiger partial charge on any atom is 0.249 e. The van der Waals surface area contributed by atoms with Crippen LogP contribution in [0, 0.1) is 0 Å². The van der Waals surface area contributed by atoms with Crippen LogP contribution in [0.3, 0.4) is 0 Å². The van der Waals surface area contributed by atoms with Gasteiger partial charge < -0.3 is 5.32 Å². The summed E-state index contributed by atoms with van der Waals surface area (Å²) in [4.78, 5) is 35.2. The fourth-order valence-corrected chi connectivity index (χ4v) is 2.72. The first-order valence-electron chi connectivity index (χ1n) is 6.06. The Labute approximate surface area is 129 Å². The molecule has 106 valence electrons. The Morgan fingerprint density at radius 3 is 2.70 bits per heavy atom. The largest absolute Gasteiger partial charge is 0.344 e. The first-order chi connectivity index (χ1) is 9.54. The summed E-state index contributed by atoms with van der Waals surface area (Å²) in [6.07, 6.45) is 0.621. The van der Waals surface area contributed by atoms with Crippen LogP contribution in [0.15, 0.2) is 33.6 Å². The van der Waals surface area contributed by atoms with Gasteiger partial charge in [-0.05, 0) is 30.7 Å². The molecule has 2 N–H and O–H groups in total. The number of rotatable bonds is 4. The summed E-state index contributed by atoms with van der Waals surface area (Å²) in [6.45, 7) is 0. The molecule has 0 spiro atoms. The number of carbonyl (C=O) groups is 3. The van der Waals surface area contributed by atoms with Crippen molar-refractivity contribution in [2.45, 2.75) is 23.8 Å².